The fraction of sp³-hybridized carbons (Fsp3) is 0.333. The first-order valence-corrected chi connectivity index (χ1v) is 7.17. The lowest BCUT2D eigenvalue weighted by Gasteiger charge is -2.33. The molecule has 0 bridgehead atoms. The van der Waals surface area contributed by atoms with Crippen molar-refractivity contribution in [2.75, 3.05) is 0 Å². The zero-order chi connectivity index (χ0) is 13.9. The minimum Gasteiger partial charge on any atom is -0.393 e. The molecule has 1 heterocycles. The molecule has 0 aliphatic carbocycles. The van der Waals surface area contributed by atoms with E-state index in [2.05, 4.69) is 43.3 Å². The van der Waals surface area contributed by atoms with E-state index in [1.165, 1.54) is 5.56 Å². The second kappa shape index (κ2) is 5.78. The Bertz CT molecular complexity index is 547. The number of hydrogen-bond donors (Lipinski definition) is 1. The molecule has 1 aliphatic heterocycles. The van der Waals surface area contributed by atoms with Crippen LogP contribution in [0.15, 0.2) is 54.6 Å². The second-order valence-corrected chi connectivity index (χ2v) is 5.56. The van der Waals surface area contributed by atoms with Crippen molar-refractivity contribution in [2.24, 2.45) is 0 Å². The van der Waals surface area contributed by atoms with E-state index >= 15 is 0 Å². The van der Waals surface area contributed by atoms with Crippen LogP contribution < -0.4 is 0 Å². The number of aryl methyl sites for hydroxylation is 1. The Hall–Kier alpha value is -1.64. The van der Waals surface area contributed by atoms with Gasteiger partial charge >= 0.3 is 0 Å². The van der Waals surface area contributed by atoms with Gasteiger partial charge in [0.2, 0.25) is 0 Å². The van der Waals surface area contributed by atoms with Gasteiger partial charge in [0, 0.05) is 12.8 Å². The van der Waals surface area contributed by atoms with E-state index in [1.807, 2.05) is 18.2 Å². The predicted molar refractivity (Wildman–Crippen MR) is 79.4 cm³/mol. The molecule has 0 aromatic heterocycles. The highest BCUT2D eigenvalue weighted by molar-refractivity contribution is 5.25. The van der Waals surface area contributed by atoms with Crippen LogP contribution in [0.4, 0.5) is 0 Å². The molecule has 0 unspecified atom stereocenters. The van der Waals surface area contributed by atoms with E-state index in [0.29, 0.717) is 12.8 Å². The zero-order valence-electron chi connectivity index (χ0n) is 11.7. The lowest BCUT2D eigenvalue weighted by molar-refractivity contribution is -0.0998. The van der Waals surface area contributed by atoms with E-state index in [9.17, 15) is 5.11 Å². The summed E-state index contributed by atoms with van der Waals surface area (Å²) in [6.45, 7) is 2.08. The van der Waals surface area contributed by atoms with Crippen molar-refractivity contribution in [2.45, 2.75) is 38.1 Å². The number of benzene rings is 2. The SMILES string of the molecule is Cc1ccc([C@@H]2C[C@H](O)C[C@H](c3ccccc3)O2)cc1. The van der Waals surface area contributed by atoms with Crippen molar-refractivity contribution in [1.82, 2.24) is 0 Å². The molecule has 20 heavy (non-hydrogen) atoms. The van der Waals surface area contributed by atoms with Gasteiger partial charge in [-0.3, -0.25) is 0 Å². The average molecular weight is 268 g/mol. The number of rotatable bonds is 2. The molecule has 1 aliphatic rings. The quantitative estimate of drug-likeness (QED) is 0.893. The van der Waals surface area contributed by atoms with Crippen LogP contribution in [-0.4, -0.2) is 11.2 Å². The maximum Gasteiger partial charge on any atom is 0.0858 e. The molecule has 1 N–H and O–H groups in total. The minimum absolute atomic E-state index is 0.0220. The minimum atomic E-state index is -0.305. The Morgan fingerprint density at radius 2 is 1.40 bits per heavy atom. The lowest BCUT2D eigenvalue weighted by atomic mass is 9.93. The second-order valence-electron chi connectivity index (χ2n) is 5.56. The van der Waals surface area contributed by atoms with Gasteiger partial charge in [-0.25, -0.2) is 0 Å². The topological polar surface area (TPSA) is 29.5 Å². The largest absolute Gasteiger partial charge is 0.393 e. The van der Waals surface area contributed by atoms with E-state index in [1.54, 1.807) is 0 Å². The van der Waals surface area contributed by atoms with E-state index in [0.717, 1.165) is 11.1 Å². The summed E-state index contributed by atoms with van der Waals surface area (Å²) in [6.07, 6.45) is 0.995. The van der Waals surface area contributed by atoms with Gasteiger partial charge in [-0.05, 0) is 18.1 Å². The molecule has 0 amide bonds. The molecule has 2 aromatic carbocycles. The molecule has 3 atom stereocenters. The van der Waals surface area contributed by atoms with Crippen molar-refractivity contribution in [1.29, 1.82) is 0 Å². The van der Waals surface area contributed by atoms with Crippen LogP contribution in [0.3, 0.4) is 0 Å². The molecule has 0 saturated carbocycles. The summed E-state index contributed by atoms with van der Waals surface area (Å²) in [5, 5.41) is 10.1. The Morgan fingerprint density at radius 1 is 0.850 bits per heavy atom. The maximum absolute atomic E-state index is 10.1. The maximum atomic E-state index is 10.1. The standard InChI is InChI=1S/C18H20O2/c1-13-7-9-15(10-8-13)18-12-16(19)11-17(20-18)14-5-3-2-4-6-14/h2-10,16-19H,11-12H2,1H3/t16-,17-,18+/m1/s1. The third-order valence-corrected chi connectivity index (χ3v) is 3.92. The van der Waals surface area contributed by atoms with E-state index in [-0.39, 0.29) is 18.3 Å². The van der Waals surface area contributed by atoms with Crippen molar-refractivity contribution in [3.8, 4) is 0 Å². The van der Waals surface area contributed by atoms with Crippen LogP contribution in [0.25, 0.3) is 0 Å². The fourth-order valence-corrected chi connectivity index (χ4v) is 2.78. The fourth-order valence-electron chi connectivity index (χ4n) is 2.78. The highest BCUT2D eigenvalue weighted by Gasteiger charge is 2.30. The molecule has 104 valence electrons. The van der Waals surface area contributed by atoms with Gasteiger partial charge in [0.15, 0.2) is 0 Å². The lowest BCUT2D eigenvalue weighted by Crippen LogP contribution is -2.26. The molecular formula is C18H20O2. The van der Waals surface area contributed by atoms with Crippen LogP contribution in [0.5, 0.6) is 0 Å². The normalized spacial score (nSPS) is 26.4. The summed E-state index contributed by atoms with van der Waals surface area (Å²) in [6, 6.07) is 18.5. The summed E-state index contributed by atoms with van der Waals surface area (Å²) < 4.78 is 6.21. The van der Waals surface area contributed by atoms with Gasteiger partial charge < -0.3 is 9.84 Å². The van der Waals surface area contributed by atoms with E-state index in [4.69, 9.17) is 4.74 Å². The zero-order valence-corrected chi connectivity index (χ0v) is 11.7. The van der Waals surface area contributed by atoms with Crippen LogP contribution >= 0.6 is 0 Å². The van der Waals surface area contributed by atoms with Crippen LogP contribution in [0.2, 0.25) is 0 Å². The summed E-state index contributed by atoms with van der Waals surface area (Å²) in [4.78, 5) is 0. The van der Waals surface area contributed by atoms with Crippen molar-refractivity contribution in [3.63, 3.8) is 0 Å². The smallest absolute Gasteiger partial charge is 0.0858 e. The molecule has 2 heteroatoms. The highest BCUT2D eigenvalue weighted by atomic mass is 16.5. The Kier molecular flexibility index (Phi) is 3.86. The summed E-state index contributed by atoms with van der Waals surface area (Å²) >= 11 is 0. The van der Waals surface area contributed by atoms with Gasteiger partial charge in [-0.15, -0.1) is 0 Å². The van der Waals surface area contributed by atoms with Gasteiger partial charge in [-0.1, -0.05) is 60.2 Å². The van der Waals surface area contributed by atoms with Crippen molar-refractivity contribution < 1.29 is 9.84 Å². The van der Waals surface area contributed by atoms with Crippen LogP contribution in [-0.2, 0) is 4.74 Å². The first-order valence-electron chi connectivity index (χ1n) is 7.17. The molecule has 0 spiro atoms. The van der Waals surface area contributed by atoms with Gasteiger partial charge in [0.05, 0.1) is 18.3 Å². The Morgan fingerprint density at radius 3 is 2.00 bits per heavy atom. The van der Waals surface area contributed by atoms with Gasteiger partial charge in [0.25, 0.3) is 0 Å². The summed E-state index contributed by atoms with van der Waals surface area (Å²) in [5.41, 5.74) is 3.53. The number of aliphatic hydroxyl groups excluding tert-OH is 1. The van der Waals surface area contributed by atoms with Crippen LogP contribution in [0.1, 0.15) is 41.7 Å². The number of aliphatic hydroxyl groups is 1. The summed E-state index contributed by atoms with van der Waals surface area (Å²) in [7, 11) is 0. The van der Waals surface area contributed by atoms with Crippen LogP contribution in [0, 0.1) is 6.92 Å². The Labute approximate surface area is 120 Å². The highest BCUT2D eigenvalue weighted by Crippen LogP contribution is 2.38. The monoisotopic (exact) mass is 268 g/mol. The van der Waals surface area contributed by atoms with Crippen molar-refractivity contribution in [3.05, 3.63) is 71.3 Å². The van der Waals surface area contributed by atoms with Gasteiger partial charge in [0.1, 0.15) is 0 Å². The molecule has 0 radical (unpaired) electrons. The molecule has 2 aromatic rings. The molecule has 1 saturated heterocycles. The van der Waals surface area contributed by atoms with E-state index < -0.39 is 0 Å². The Balaban J connectivity index is 1.81. The third-order valence-electron chi connectivity index (χ3n) is 3.92. The third kappa shape index (κ3) is 2.92. The molecular weight excluding hydrogens is 248 g/mol. The van der Waals surface area contributed by atoms with Gasteiger partial charge in [-0.2, -0.15) is 0 Å². The average Bonchev–Trinajstić information content (AvgIpc) is 2.48. The summed E-state index contributed by atoms with van der Waals surface area (Å²) in [5.74, 6) is 0. The molecule has 1 fully saturated rings. The predicted octanol–water partition coefficient (Wildman–Crippen LogP) is 3.95. The number of ether oxygens (including phenoxy) is 1. The molecule has 3 rings (SSSR count). The molecule has 2 nitrogen and oxygen atoms in total. The number of hydrogen-bond acceptors (Lipinski definition) is 2. The first kappa shape index (κ1) is 13.3. The van der Waals surface area contributed by atoms with Crippen molar-refractivity contribution >= 4 is 0 Å². The first-order chi connectivity index (χ1) is 9.72.